The Kier molecular flexibility index (Phi) is 4.93. The van der Waals surface area contributed by atoms with Crippen molar-refractivity contribution in [1.29, 1.82) is 0 Å². The lowest BCUT2D eigenvalue weighted by Crippen LogP contribution is -2.54. The van der Waals surface area contributed by atoms with Crippen molar-refractivity contribution in [2.75, 3.05) is 13.2 Å². The number of fused-ring (bicyclic) bond motifs is 1. The highest BCUT2D eigenvalue weighted by Crippen LogP contribution is 2.45. The molecule has 0 fully saturated rings. The molecule has 144 valence electrons. The zero-order chi connectivity index (χ0) is 19.8. The number of nitro benzene ring substituents is 1. The lowest BCUT2D eigenvalue weighted by Gasteiger charge is -2.45. The number of ether oxygens (including phenoxy) is 2. The molecular formula is C19H22N2O6. The highest BCUT2D eigenvalue weighted by molar-refractivity contribution is 5.91. The highest BCUT2D eigenvalue weighted by atomic mass is 16.6. The molecule has 0 saturated heterocycles. The number of aliphatic hydroxyl groups excluding tert-OH is 1. The van der Waals surface area contributed by atoms with Gasteiger partial charge < -0.3 is 19.5 Å². The van der Waals surface area contributed by atoms with Crippen molar-refractivity contribution >= 4 is 11.6 Å². The minimum absolute atomic E-state index is 0.128. The third-order valence-electron chi connectivity index (χ3n) is 4.75. The number of hydrogen-bond donors (Lipinski definition) is 1. The van der Waals surface area contributed by atoms with Crippen LogP contribution in [-0.4, -0.2) is 45.7 Å². The first kappa shape index (κ1) is 18.9. The molecule has 0 radical (unpaired) electrons. The molecule has 2 aliphatic heterocycles. The molecule has 3 rings (SSSR count). The Morgan fingerprint density at radius 2 is 2.26 bits per heavy atom. The third-order valence-corrected chi connectivity index (χ3v) is 4.75. The van der Waals surface area contributed by atoms with E-state index < -0.39 is 22.7 Å². The SMILES string of the molecule is C=CCCOC1=CC(=O)N([C@H]2c3cc([N+](=O)[O-])ccc3OC(C)(C)[C@@H]2O)C1. The molecule has 0 spiro atoms. The van der Waals surface area contributed by atoms with E-state index in [1.54, 1.807) is 19.9 Å². The van der Waals surface area contributed by atoms with E-state index in [2.05, 4.69) is 6.58 Å². The molecule has 1 N–H and O–H groups in total. The van der Waals surface area contributed by atoms with Gasteiger partial charge in [0.15, 0.2) is 0 Å². The number of amides is 1. The minimum Gasteiger partial charge on any atom is -0.496 e. The van der Waals surface area contributed by atoms with Crippen molar-refractivity contribution in [2.45, 2.75) is 38.0 Å². The van der Waals surface area contributed by atoms with Crippen LogP contribution in [0, 0.1) is 10.1 Å². The van der Waals surface area contributed by atoms with Gasteiger partial charge in [0.05, 0.1) is 24.1 Å². The Morgan fingerprint density at radius 1 is 1.52 bits per heavy atom. The van der Waals surface area contributed by atoms with Crippen LogP contribution in [0.3, 0.4) is 0 Å². The predicted octanol–water partition coefficient (Wildman–Crippen LogP) is 2.49. The number of benzene rings is 1. The van der Waals surface area contributed by atoms with Crippen molar-refractivity contribution in [3.05, 3.63) is 58.4 Å². The lowest BCUT2D eigenvalue weighted by atomic mass is 9.85. The largest absolute Gasteiger partial charge is 0.496 e. The average Bonchev–Trinajstić information content (AvgIpc) is 2.96. The second kappa shape index (κ2) is 7.03. The van der Waals surface area contributed by atoms with Gasteiger partial charge in [0.25, 0.3) is 11.6 Å². The summed E-state index contributed by atoms with van der Waals surface area (Å²) in [6.45, 7) is 7.63. The van der Waals surface area contributed by atoms with Crippen LogP contribution in [-0.2, 0) is 9.53 Å². The molecule has 27 heavy (non-hydrogen) atoms. The second-order valence-corrected chi connectivity index (χ2v) is 7.08. The van der Waals surface area contributed by atoms with Gasteiger partial charge in [-0.25, -0.2) is 0 Å². The third kappa shape index (κ3) is 3.52. The van der Waals surface area contributed by atoms with E-state index in [1.807, 2.05) is 0 Å². The minimum atomic E-state index is -1.07. The molecule has 1 aromatic carbocycles. The van der Waals surface area contributed by atoms with Crippen molar-refractivity contribution in [3.8, 4) is 5.75 Å². The summed E-state index contributed by atoms with van der Waals surface area (Å²) in [5, 5.41) is 22.1. The Labute approximate surface area is 156 Å². The first-order chi connectivity index (χ1) is 12.7. The summed E-state index contributed by atoms with van der Waals surface area (Å²) < 4.78 is 11.4. The molecular weight excluding hydrogens is 352 g/mol. The number of nitrogens with zero attached hydrogens (tertiary/aromatic N) is 2. The van der Waals surface area contributed by atoms with E-state index in [0.29, 0.717) is 30.1 Å². The molecule has 8 nitrogen and oxygen atoms in total. The van der Waals surface area contributed by atoms with E-state index in [0.717, 1.165) is 0 Å². The van der Waals surface area contributed by atoms with Crippen molar-refractivity contribution in [3.63, 3.8) is 0 Å². The molecule has 2 atom stereocenters. The molecule has 0 bridgehead atoms. The van der Waals surface area contributed by atoms with E-state index in [1.165, 1.54) is 29.2 Å². The van der Waals surface area contributed by atoms with E-state index in [-0.39, 0.29) is 18.1 Å². The van der Waals surface area contributed by atoms with Gasteiger partial charge in [-0.3, -0.25) is 14.9 Å². The molecule has 1 amide bonds. The zero-order valence-corrected chi connectivity index (χ0v) is 15.3. The summed E-state index contributed by atoms with van der Waals surface area (Å²) in [7, 11) is 0. The van der Waals surface area contributed by atoms with E-state index in [9.17, 15) is 20.0 Å². The average molecular weight is 374 g/mol. The smallest absolute Gasteiger partial charge is 0.270 e. The quantitative estimate of drug-likeness (QED) is 0.355. The Balaban J connectivity index is 1.94. The van der Waals surface area contributed by atoms with Gasteiger partial charge in [-0.2, -0.15) is 0 Å². The number of carbonyl (C=O) groups is 1. The second-order valence-electron chi connectivity index (χ2n) is 7.08. The Bertz CT molecular complexity index is 816. The first-order valence-corrected chi connectivity index (χ1v) is 8.65. The fourth-order valence-corrected chi connectivity index (χ4v) is 3.31. The van der Waals surface area contributed by atoms with Gasteiger partial charge >= 0.3 is 0 Å². The number of hydrogen-bond acceptors (Lipinski definition) is 6. The summed E-state index contributed by atoms with van der Waals surface area (Å²) in [5.74, 6) is 0.586. The van der Waals surface area contributed by atoms with Crippen LogP contribution in [0.4, 0.5) is 5.69 Å². The summed E-state index contributed by atoms with van der Waals surface area (Å²) >= 11 is 0. The molecule has 1 aromatic rings. The predicted molar refractivity (Wildman–Crippen MR) is 97.1 cm³/mol. The summed E-state index contributed by atoms with van der Waals surface area (Å²) in [5.41, 5.74) is -0.693. The monoisotopic (exact) mass is 374 g/mol. The maximum Gasteiger partial charge on any atom is 0.270 e. The summed E-state index contributed by atoms with van der Waals surface area (Å²) in [6.07, 6.45) is 2.68. The molecule has 2 heterocycles. The van der Waals surface area contributed by atoms with Crippen molar-refractivity contribution < 1.29 is 24.3 Å². The number of aliphatic hydroxyl groups is 1. The molecule has 0 aromatic heterocycles. The fraction of sp³-hybridized carbons (Fsp3) is 0.421. The van der Waals surface area contributed by atoms with Crippen LogP contribution in [0.15, 0.2) is 42.7 Å². The summed E-state index contributed by atoms with van der Waals surface area (Å²) in [6, 6.07) is 3.41. The van der Waals surface area contributed by atoms with Crippen LogP contribution in [0.2, 0.25) is 0 Å². The van der Waals surface area contributed by atoms with Crippen LogP contribution in [0.25, 0.3) is 0 Å². The van der Waals surface area contributed by atoms with Crippen molar-refractivity contribution in [2.24, 2.45) is 0 Å². The van der Waals surface area contributed by atoms with Crippen molar-refractivity contribution in [1.82, 2.24) is 4.90 Å². The number of nitro groups is 1. The first-order valence-electron chi connectivity index (χ1n) is 8.65. The number of carbonyl (C=O) groups excluding carboxylic acids is 1. The van der Waals surface area contributed by atoms with Gasteiger partial charge in [0, 0.05) is 23.8 Å². The zero-order valence-electron chi connectivity index (χ0n) is 15.3. The number of rotatable bonds is 6. The van der Waals surface area contributed by atoms with Crippen LogP contribution in [0.5, 0.6) is 5.75 Å². The molecule has 8 heteroatoms. The molecule has 0 saturated carbocycles. The fourth-order valence-electron chi connectivity index (χ4n) is 3.31. The summed E-state index contributed by atoms with van der Waals surface area (Å²) in [4.78, 5) is 24.7. The number of non-ortho nitro benzene ring substituents is 1. The van der Waals surface area contributed by atoms with Gasteiger partial charge in [0.1, 0.15) is 23.2 Å². The van der Waals surface area contributed by atoms with Gasteiger partial charge in [-0.05, 0) is 26.3 Å². The topological polar surface area (TPSA) is 102 Å². The van der Waals surface area contributed by atoms with Gasteiger partial charge in [-0.1, -0.05) is 6.08 Å². The standard InChI is InChI=1S/C19H22N2O6/c1-4-5-8-26-13-10-16(22)20(11-13)17-14-9-12(21(24)25)6-7-15(14)27-19(2,3)18(17)23/h4,6-7,9-10,17-18,23H,1,5,8,11H2,2-3H3/t17-,18+/m0/s1. The van der Waals surface area contributed by atoms with E-state index in [4.69, 9.17) is 9.47 Å². The van der Waals surface area contributed by atoms with Crippen LogP contribution >= 0.6 is 0 Å². The highest BCUT2D eigenvalue weighted by Gasteiger charge is 2.48. The van der Waals surface area contributed by atoms with Gasteiger partial charge in [0.2, 0.25) is 0 Å². The maximum atomic E-state index is 12.6. The Hall–Kier alpha value is -2.87. The normalized spacial score (nSPS) is 23.3. The lowest BCUT2D eigenvalue weighted by molar-refractivity contribution is -0.385. The Morgan fingerprint density at radius 3 is 2.93 bits per heavy atom. The van der Waals surface area contributed by atoms with E-state index >= 15 is 0 Å². The van der Waals surface area contributed by atoms with Crippen LogP contribution < -0.4 is 4.74 Å². The molecule has 2 aliphatic rings. The van der Waals surface area contributed by atoms with Crippen LogP contribution in [0.1, 0.15) is 31.9 Å². The molecule has 0 unspecified atom stereocenters. The maximum absolute atomic E-state index is 12.6. The molecule has 0 aliphatic carbocycles. The van der Waals surface area contributed by atoms with Gasteiger partial charge in [-0.15, -0.1) is 6.58 Å².